The normalized spacial score (nSPS) is 15.6. The van der Waals surface area contributed by atoms with Crippen molar-refractivity contribution < 1.29 is 41.5 Å². The first-order chi connectivity index (χ1) is 21.5. The van der Waals surface area contributed by atoms with Crippen LogP contribution in [0.5, 0.6) is 0 Å². The molecule has 4 aromatic rings. The van der Waals surface area contributed by atoms with Crippen LogP contribution in [0.4, 0.5) is 0 Å². The van der Waals surface area contributed by atoms with Crippen molar-refractivity contribution >= 4 is 33.5 Å². The SMILES string of the molecule is CC1=[C-]C(C)(C)C(C)=C1C.CC1=[C-]C(C)(C)C(C)=C1C.O=C(O)c1cccc2ccccc12.O=C(O)c1cccc2ccccc12.[Ti+2]. The first-order valence-corrected chi connectivity index (χ1v) is 15.5. The zero-order valence-electron chi connectivity index (χ0n) is 29.3. The van der Waals surface area contributed by atoms with Crippen LogP contribution in [0.3, 0.4) is 0 Å². The van der Waals surface area contributed by atoms with E-state index in [-0.39, 0.29) is 32.5 Å². The van der Waals surface area contributed by atoms with Crippen LogP contribution >= 0.6 is 0 Å². The molecular formula is C42H46O4Ti. The van der Waals surface area contributed by atoms with Gasteiger partial charge in [-0.05, 0) is 33.7 Å². The first kappa shape index (κ1) is 39.2. The molecule has 0 fully saturated rings. The van der Waals surface area contributed by atoms with Crippen LogP contribution in [0.25, 0.3) is 21.5 Å². The van der Waals surface area contributed by atoms with E-state index >= 15 is 0 Å². The van der Waals surface area contributed by atoms with Gasteiger partial charge in [0.1, 0.15) is 0 Å². The van der Waals surface area contributed by atoms with Crippen molar-refractivity contribution in [1.82, 2.24) is 0 Å². The molecule has 2 N–H and O–H groups in total. The van der Waals surface area contributed by atoms with Gasteiger partial charge in [-0.15, -0.1) is 13.8 Å². The molecule has 0 bridgehead atoms. The zero-order chi connectivity index (χ0) is 34.4. The molecule has 0 unspecified atom stereocenters. The monoisotopic (exact) mass is 662 g/mol. The van der Waals surface area contributed by atoms with Crippen molar-refractivity contribution in [2.45, 2.75) is 69.2 Å². The third-order valence-electron chi connectivity index (χ3n) is 9.17. The van der Waals surface area contributed by atoms with Crippen molar-refractivity contribution in [3.63, 3.8) is 0 Å². The van der Waals surface area contributed by atoms with Gasteiger partial charge in [0.2, 0.25) is 0 Å². The summed E-state index contributed by atoms with van der Waals surface area (Å²) < 4.78 is 0. The second-order valence-corrected chi connectivity index (χ2v) is 12.9. The summed E-state index contributed by atoms with van der Waals surface area (Å²) in [6.07, 6.45) is 6.87. The van der Waals surface area contributed by atoms with Crippen molar-refractivity contribution in [3.8, 4) is 0 Å². The van der Waals surface area contributed by atoms with Crippen LogP contribution in [0.2, 0.25) is 0 Å². The van der Waals surface area contributed by atoms with Gasteiger partial charge >= 0.3 is 33.7 Å². The molecule has 47 heavy (non-hydrogen) atoms. The Kier molecular flexibility index (Phi) is 13.5. The van der Waals surface area contributed by atoms with Gasteiger partial charge in [-0.25, -0.2) is 20.7 Å². The maximum Gasteiger partial charge on any atom is 2.00 e. The number of carboxylic acid groups (broad SMARTS) is 2. The Morgan fingerprint density at radius 3 is 1.04 bits per heavy atom. The number of allylic oxidation sites excluding steroid dienone is 8. The number of fused-ring (bicyclic) bond motifs is 2. The second kappa shape index (κ2) is 16.2. The zero-order valence-corrected chi connectivity index (χ0v) is 30.9. The molecule has 0 radical (unpaired) electrons. The maximum atomic E-state index is 10.8. The fraction of sp³-hybridized carbons (Fsp3) is 0.286. The van der Waals surface area contributed by atoms with Crippen LogP contribution in [0.15, 0.2) is 118 Å². The molecule has 0 spiro atoms. The standard InChI is InChI=1S/2C11H8O2.2C10H15.Ti/c2*12-11(13)10-7-3-5-8-4-1-2-6-9(8)10;2*1-7-6-10(4,5)9(3)8(7)2;/h2*1-7H,(H,12,13);2*1-5H3;/q;;2*-1;+2. The maximum absolute atomic E-state index is 10.8. The van der Waals surface area contributed by atoms with Crippen LogP contribution in [-0.4, -0.2) is 22.2 Å². The average molecular weight is 663 g/mol. The molecule has 0 atom stereocenters. The fourth-order valence-electron chi connectivity index (χ4n) is 5.64. The minimum absolute atomic E-state index is 0. The van der Waals surface area contributed by atoms with Crippen molar-refractivity contribution in [1.29, 1.82) is 0 Å². The molecule has 0 heterocycles. The molecule has 0 saturated heterocycles. The van der Waals surface area contributed by atoms with E-state index in [1.54, 1.807) is 24.3 Å². The molecule has 6 rings (SSSR count). The molecule has 4 aromatic carbocycles. The molecular weight excluding hydrogens is 616 g/mol. The Morgan fingerprint density at radius 2 is 0.809 bits per heavy atom. The third-order valence-corrected chi connectivity index (χ3v) is 9.17. The predicted octanol–water partition coefficient (Wildman–Crippen LogP) is 11.3. The summed E-state index contributed by atoms with van der Waals surface area (Å²) in [5.41, 5.74) is 9.51. The van der Waals surface area contributed by atoms with Gasteiger partial charge in [-0.2, -0.15) is 22.3 Å². The van der Waals surface area contributed by atoms with Gasteiger partial charge in [-0.3, -0.25) is 12.2 Å². The topological polar surface area (TPSA) is 74.6 Å². The summed E-state index contributed by atoms with van der Waals surface area (Å²) in [6, 6.07) is 25.5. The Balaban J connectivity index is 0.000000218. The number of hydrogen-bond donors (Lipinski definition) is 2. The van der Waals surface area contributed by atoms with Crippen LogP contribution in [-0.2, 0) is 21.7 Å². The first-order valence-electron chi connectivity index (χ1n) is 15.5. The Labute approximate surface area is 295 Å². The van der Waals surface area contributed by atoms with Crippen LogP contribution < -0.4 is 0 Å². The van der Waals surface area contributed by atoms with E-state index in [4.69, 9.17) is 10.2 Å². The van der Waals surface area contributed by atoms with E-state index in [1.807, 2.05) is 60.7 Å². The Bertz CT molecular complexity index is 1750. The van der Waals surface area contributed by atoms with Gasteiger partial charge in [0.15, 0.2) is 0 Å². The number of hydrogen-bond acceptors (Lipinski definition) is 2. The smallest absolute Gasteiger partial charge is 0.478 e. The summed E-state index contributed by atoms with van der Waals surface area (Å²) in [7, 11) is 0. The minimum Gasteiger partial charge on any atom is -0.478 e. The Morgan fingerprint density at radius 1 is 0.511 bits per heavy atom. The van der Waals surface area contributed by atoms with E-state index in [1.165, 1.54) is 33.4 Å². The van der Waals surface area contributed by atoms with Gasteiger partial charge < -0.3 is 10.2 Å². The van der Waals surface area contributed by atoms with Gasteiger partial charge in [-0.1, -0.05) is 139 Å². The third kappa shape index (κ3) is 9.53. The van der Waals surface area contributed by atoms with E-state index in [9.17, 15) is 9.59 Å². The largest absolute Gasteiger partial charge is 2.00 e. The summed E-state index contributed by atoms with van der Waals surface area (Å²) in [6.45, 7) is 21.8. The molecule has 242 valence electrons. The molecule has 2 aliphatic rings. The van der Waals surface area contributed by atoms with Crippen LogP contribution in [0, 0.1) is 23.0 Å². The predicted molar refractivity (Wildman–Crippen MR) is 191 cm³/mol. The van der Waals surface area contributed by atoms with E-state index in [0.29, 0.717) is 11.1 Å². The van der Waals surface area contributed by atoms with Crippen molar-refractivity contribution in [2.75, 3.05) is 0 Å². The molecule has 0 saturated carbocycles. The number of aromatic carboxylic acids is 2. The molecule has 5 heteroatoms. The number of carbonyl (C=O) groups is 2. The van der Waals surface area contributed by atoms with Crippen molar-refractivity contribution in [2.24, 2.45) is 10.8 Å². The van der Waals surface area contributed by atoms with Gasteiger partial charge in [0.25, 0.3) is 0 Å². The number of benzene rings is 4. The summed E-state index contributed by atoms with van der Waals surface area (Å²) in [4.78, 5) is 21.6. The van der Waals surface area contributed by atoms with Gasteiger partial charge in [0.05, 0.1) is 11.1 Å². The number of rotatable bonds is 2. The van der Waals surface area contributed by atoms with E-state index in [2.05, 4.69) is 81.4 Å². The molecule has 4 nitrogen and oxygen atoms in total. The minimum atomic E-state index is -0.878. The Hall–Kier alpha value is -3.99. The summed E-state index contributed by atoms with van der Waals surface area (Å²) in [5, 5.41) is 21.3. The molecule has 2 aliphatic carbocycles. The number of carboxylic acids is 2. The molecule has 0 aromatic heterocycles. The summed E-state index contributed by atoms with van der Waals surface area (Å²) >= 11 is 0. The second-order valence-electron chi connectivity index (χ2n) is 12.9. The van der Waals surface area contributed by atoms with Crippen molar-refractivity contribution in [3.05, 3.63) is 142 Å². The molecule has 0 aliphatic heterocycles. The summed E-state index contributed by atoms with van der Waals surface area (Å²) in [5.74, 6) is -1.76. The fourth-order valence-corrected chi connectivity index (χ4v) is 5.64. The quantitative estimate of drug-likeness (QED) is 0.165. The van der Waals surface area contributed by atoms with Gasteiger partial charge in [0, 0.05) is 0 Å². The van der Waals surface area contributed by atoms with E-state index < -0.39 is 11.9 Å². The molecule has 0 amide bonds. The average Bonchev–Trinajstić information content (AvgIpc) is 3.31. The van der Waals surface area contributed by atoms with Crippen LogP contribution in [0.1, 0.15) is 90.0 Å². The van der Waals surface area contributed by atoms with E-state index in [0.717, 1.165) is 21.5 Å².